The van der Waals surface area contributed by atoms with E-state index in [1.165, 1.54) is 0 Å². The number of nitrogens with zero attached hydrogens (tertiary/aromatic N) is 2. The Labute approximate surface area is 164 Å². The molecule has 0 aliphatic rings. The van der Waals surface area contributed by atoms with Gasteiger partial charge in [0.1, 0.15) is 0 Å². The van der Waals surface area contributed by atoms with E-state index in [1.54, 1.807) is 13.2 Å². The molecule has 25 heavy (non-hydrogen) atoms. The summed E-state index contributed by atoms with van der Waals surface area (Å²) < 4.78 is 5.16. The molecule has 2 aromatic rings. The van der Waals surface area contributed by atoms with Gasteiger partial charge in [-0.2, -0.15) is 0 Å². The van der Waals surface area contributed by atoms with Crippen molar-refractivity contribution in [2.24, 2.45) is 0 Å². The van der Waals surface area contributed by atoms with Gasteiger partial charge in [0.25, 0.3) is 0 Å². The molecule has 5 nitrogen and oxygen atoms in total. The molecule has 1 heterocycles. The molecule has 1 N–H and O–H groups in total. The highest BCUT2D eigenvalue weighted by atomic mass is 35.5. The number of para-hydroxylation sites is 1. The number of fused-ring (bicyclic) bond motifs is 1. The molecule has 1 aromatic carbocycles. The predicted molar refractivity (Wildman–Crippen MR) is 107 cm³/mol. The third-order valence-corrected chi connectivity index (χ3v) is 3.97. The van der Waals surface area contributed by atoms with Gasteiger partial charge in [0.15, 0.2) is 0 Å². The predicted octanol–water partition coefficient (Wildman–Crippen LogP) is 3.77. The maximum absolute atomic E-state index is 12.3. The molecule has 0 radical (unpaired) electrons. The van der Waals surface area contributed by atoms with Crippen molar-refractivity contribution >= 4 is 58.1 Å². The molecule has 0 bridgehead atoms. The first kappa shape index (κ1) is 21.8. The third kappa shape index (κ3) is 6.51. The highest BCUT2D eigenvalue weighted by molar-refractivity contribution is 6.18. The topological polar surface area (TPSA) is 54.5 Å². The summed E-state index contributed by atoms with van der Waals surface area (Å²) in [4.78, 5) is 18.8. The van der Waals surface area contributed by atoms with E-state index in [9.17, 15) is 4.79 Å². The Morgan fingerprint density at radius 1 is 1.16 bits per heavy atom. The zero-order valence-electron chi connectivity index (χ0n) is 14.0. The number of halogens is 3. The summed E-state index contributed by atoms with van der Waals surface area (Å²) in [6.45, 7) is 2.05. The first-order chi connectivity index (χ1) is 11.7. The van der Waals surface area contributed by atoms with E-state index in [2.05, 4.69) is 15.2 Å². The van der Waals surface area contributed by atoms with Gasteiger partial charge in [-0.1, -0.05) is 12.1 Å². The van der Waals surface area contributed by atoms with Crippen LogP contribution in [-0.2, 0) is 4.79 Å². The summed E-state index contributed by atoms with van der Waals surface area (Å²) in [6, 6.07) is 9.38. The van der Waals surface area contributed by atoms with Gasteiger partial charge in [0.05, 0.1) is 18.3 Å². The molecule has 0 saturated carbocycles. The van der Waals surface area contributed by atoms with Crippen LogP contribution in [-0.4, -0.2) is 54.3 Å². The lowest BCUT2D eigenvalue weighted by atomic mass is 10.2. The number of carbonyl (C=O) groups is 1. The molecule has 138 valence electrons. The van der Waals surface area contributed by atoms with Gasteiger partial charge in [0, 0.05) is 49.3 Å². The number of benzene rings is 1. The first-order valence-corrected chi connectivity index (χ1v) is 8.82. The molecule has 0 aliphatic carbocycles. The number of carbonyl (C=O) groups excluding carboxylic acids is 1. The zero-order valence-corrected chi connectivity index (χ0v) is 16.3. The van der Waals surface area contributed by atoms with Crippen molar-refractivity contribution in [3.8, 4) is 5.88 Å². The fourth-order valence-corrected chi connectivity index (χ4v) is 2.87. The molecule has 0 spiro atoms. The number of ether oxygens (including phenoxy) is 1. The van der Waals surface area contributed by atoms with E-state index in [-0.39, 0.29) is 18.3 Å². The Morgan fingerprint density at radius 3 is 2.52 bits per heavy atom. The van der Waals surface area contributed by atoms with Crippen molar-refractivity contribution in [3.63, 3.8) is 0 Å². The largest absolute Gasteiger partial charge is 0.481 e. The minimum Gasteiger partial charge on any atom is -0.481 e. The molecule has 0 unspecified atom stereocenters. The number of hydrogen-bond acceptors (Lipinski definition) is 4. The van der Waals surface area contributed by atoms with Gasteiger partial charge >= 0.3 is 0 Å². The number of aromatic nitrogens is 1. The lowest BCUT2D eigenvalue weighted by Crippen LogP contribution is -2.31. The van der Waals surface area contributed by atoms with Crippen molar-refractivity contribution in [3.05, 3.63) is 30.3 Å². The molecule has 1 amide bonds. The number of amides is 1. The number of hydrogen-bond donors (Lipinski definition) is 1. The van der Waals surface area contributed by atoms with Gasteiger partial charge in [-0.15, -0.1) is 35.6 Å². The molecule has 0 saturated heterocycles. The first-order valence-electron chi connectivity index (χ1n) is 7.76. The van der Waals surface area contributed by atoms with Crippen LogP contribution in [0.4, 0.5) is 5.69 Å². The Balaban J connectivity index is 0.00000312. The van der Waals surface area contributed by atoms with E-state index in [1.807, 2.05) is 24.3 Å². The highest BCUT2D eigenvalue weighted by Gasteiger charge is 2.10. The van der Waals surface area contributed by atoms with Crippen LogP contribution >= 0.6 is 35.6 Å². The van der Waals surface area contributed by atoms with Crippen LogP contribution in [0, 0.1) is 0 Å². The van der Waals surface area contributed by atoms with E-state index >= 15 is 0 Å². The Hall–Kier alpha value is -1.27. The van der Waals surface area contributed by atoms with Crippen LogP contribution in [0.2, 0.25) is 0 Å². The smallest absolute Gasteiger partial charge is 0.225 e. The molecular formula is C17H22Cl3N3O2. The average Bonchev–Trinajstić information content (AvgIpc) is 2.60. The molecule has 0 aliphatic heterocycles. The Kier molecular flexibility index (Phi) is 9.90. The monoisotopic (exact) mass is 405 g/mol. The molecular weight excluding hydrogens is 385 g/mol. The zero-order chi connectivity index (χ0) is 17.4. The summed E-state index contributed by atoms with van der Waals surface area (Å²) in [7, 11) is 1.57. The van der Waals surface area contributed by atoms with Gasteiger partial charge in [0.2, 0.25) is 11.8 Å². The van der Waals surface area contributed by atoms with Crippen LogP contribution in [0.15, 0.2) is 30.3 Å². The van der Waals surface area contributed by atoms with Crippen molar-refractivity contribution in [1.82, 2.24) is 9.88 Å². The minimum absolute atomic E-state index is 0. The second-order valence-electron chi connectivity index (χ2n) is 5.25. The SMILES string of the molecule is COc1ccc2cccc(NC(=O)CCN(CCCl)CCCl)c2n1.Cl. The lowest BCUT2D eigenvalue weighted by Gasteiger charge is -2.19. The highest BCUT2D eigenvalue weighted by Crippen LogP contribution is 2.24. The second-order valence-corrected chi connectivity index (χ2v) is 6.00. The normalized spacial score (nSPS) is 10.6. The van der Waals surface area contributed by atoms with Crippen LogP contribution in [0.5, 0.6) is 5.88 Å². The summed E-state index contributed by atoms with van der Waals surface area (Å²) in [5, 5.41) is 3.87. The van der Waals surface area contributed by atoms with Crippen molar-refractivity contribution in [2.75, 3.05) is 43.8 Å². The van der Waals surface area contributed by atoms with Crippen LogP contribution in [0.1, 0.15) is 6.42 Å². The maximum atomic E-state index is 12.3. The molecule has 2 rings (SSSR count). The number of nitrogens with one attached hydrogen (secondary N) is 1. The number of anilines is 1. The molecule has 0 atom stereocenters. The number of rotatable bonds is 9. The summed E-state index contributed by atoms with van der Waals surface area (Å²) in [5.41, 5.74) is 1.39. The molecule has 1 aromatic heterocycles. The minimum atomic E-state index is -0.0683. The second kappa shape index (κ2) is 11.4. The van der Waals surface area contributed by atoms with Gasteiger partial charge in [-0.05, 0) is 12.1 Å². The number of pyridine rings is 1. The molecule has 8 heteroatoms. The fourth-order valence-electron chi connectivity index (χ4n) is 2.39. The van der Waals surface area contributed by atoms with Crippen LogP contribution < -0.4 is 10.1 Å². The summed E-state index contributed by atoms with van der Waals surface area (Å²) in [5.74, 6) is 1.48. The Morgan fingerprint density at radius 2 is 1.88 bits per heavy atom. The third-order valence-electron chi connectivity index (χ3n) is 3.63. The number of methoxy groups -OCH3 is 1. The Bertz CT molecular complexity index is 679. The lowest BCUT2D eigenvalue weighted by molar-refractivity contribution is -0.116. The van der Waals surface area contributed by atoms with Crippen LogP contribution in [0.3, 0.4) is 0 Å². The summed E-state index contributed by atoms with van der Waals surface area (Å²) >= 11 is 11.5. The van der Waals surface area contributed by atoms with E-state index in [4.69, 9.17) is 27.9 Å². The van der Waals surface area contributed by atoms with Crippen molar-refractivity contribution in [2.45, 2.75) is 6.42 Å². The van der Waals surface area contributed by atoms with E-state index < -0.39 is 0 Å². The van der Waals surface area contributed by atoms with Gasteiger partial charge in [-0.3, -0.25) is 4.79 Å². The van der Waals surface area contributed by atoms with Gasteiger partial charge in [-0.25, -0.2) is 4.98 Å². The van der Waals surface area contributed by atoms with Crippen molar-refractivity contribution in [1.29, 1.82) is 0 Å². The van der Waals surface area contributed by atoms with Gasteiger partial charge < -0.3 is 15.0 Å². The summed E-state index contributed by atoms with van der Waals surface area (Å²) in [6.07, 6.45) is 0.369. The quantitative estimate of drug-likeness (QED) is 0.644. The molecule has 0 fully saturated rings. The standard InChI is InChI=1S/C17H21Cl2N3O2.ClH/c1-24-16-6-5-13-3-2-4-14(17(13)21-16)20-15(23)7-10-22(11-8-18)12-9-19;/h2-6H,7-12H2,1H3,(H,20,23);1H. The van der Waals surface area contributed by atoms with Crippen LogP contribution in [0.25, 0.3) is 10.9 Å². The maximum Gasteiger partial charge on any atom is 0.225 e. The average molecular weight is 407 g/mol. The van der Waals surface area contributed by atoms with E-state index in [0.717, 1.165) is 5.39 Å². The van der Waals surface area contributed by atoms with Crippen molar-refractivity contribution < 1.29 is 9.53 Å². The number of alkyl halides is 2. The fraction of sp³-hybridized carbons (Fsp3) is 0.412. The van der Waals surface area contributed by atoms with E-state index in [0.29, 0.717) is 54.9 Å².